The summed E-state index contributed by atoms with van der Waals surface area (Å²) < 4.78 is 2.56. The molecule has 142 valence electrons. The van der Waals surface area contributed by atoms with Crippen molar-refractivity contribution < 1.29 is 4.58 Å². The van der Waals surface area contributed by atoms with E-state index in [1.165, 1.54) is 5.69 Å². The van der Waals surface area contributed by atoms with Gasteiger partial charge in [0, 0.05) is 40.7 Å². The monoisotopic (exact) mass is 384 g/mol. The van der Waals surface area contributed by atoms with Crippen molar-refractivity contribution in [2.24, 2.45) is 0 Å². The second-order valence-electron chi connectivity index (χ2n) is 7.58. The number of aryl methyl sites for hydroxylation is 1. The van der Waals surface area contributed by atoms with E-state index >= 15 is 0 Å². The number of nitrogens with zero attached hydrogens (tertiary/aromatic N) is 2. The Labute approximate surface area is 165 Å². The van der Waals surface area contributed by atoms with Gasteiger partial charge < -0.3 is 9.88 Å². The molecular weight excluding hydrogens is 358 g/mol. The van der Waals surface area contributed by atoms with Crippen LogP contribution in [-0.4, -0.2) is 41.5 Å². The fraction of sp³-hybridized carbons (Fsp3) is 0.455. The predicted molar refractivity (Wildman–Crippen MR) is 112 cm³/mol. The SMILES string of the molecule is CCc1ccc([C@@H]2CCC(=[N+]3CCN(c4ccc(Cl)cc4)CC3)C2)[nH]c1=O. The summed E-state index contributed by atoms with van der Waals surface area (Å²) in [6.07, 6.45) is 4.13. The summed E-state index contributed by atoms with van der Waals surface area (Å²) in [6.45, 7) is 6.23. The van der Waals surface area contributed by atoms with Crippen molar-refractivity contribution in [1.82, 2.24) is 4.98 Å². The van der Waals surface area contributed by atoms with E-state index in [0.29, 0.717) is 5.92 Å². The number of halogens is 1. The molecule has 2 aliphatic rings. The second kappa shape index (κ2) is 7.89. The third kappa shape index (κ3) is 3.96. The number of H-pyrrole nitrogens is 1. The summed E-state index contributed by atoms with van der Waals surface area (Å²) in [5, 5.41) is 0.787. The zero-order chi connectivity index (χ0) is 18.8. The van der Waals surface area contributed by atoms with E-state index in [2.05, 4.69) is 32.7 Å². The molecule has 1 aliphatic heterocycles. The summed E-state index contributed by atoms with van der Waals surface area (Å²) in [4.78, 5) is 17.7. The number of aromatic amines is 1. The molecule has 4 rings (SSSR count). The smallest absolute Gasteiger partial charge is 0.251 e. The van der Waals surface area contributed by atoms with Crippen LogP contribution in [0.15, 0.2) is 41.2 Å². The maximum atomic E-state index is 12.1. The Morgan fingerprint density at radius 2 is 1.89 bits per heavy atom. The summed E-state index contributed by atoms with van der Waals surface area (Å²) in [5.74, 6) is 0.452. The van der Waals surface area contributed by atoms with Gasteiger partial charge in [0.05, 0.1) is 13.1 Å². The number of aromatic nitrogens is 1. The van der Waals surface area contributed by atoms with Gasteiger partial charge in [-0.05, 0) is 43.2 Å². The van der Waals surface area contributed by atoms with Crippen molar-refractivity contribution in [3.63, 3.8) is 0 Å². The highest BCUT2D eigenvalue weighted by Crippen LogP contribution is 2.31. The molecule has 2 heterocycles. The van der Waals surface area contributed by atoms with E-state index in [4.69, 9.17) is 11.6 Å². The topological polar surface area (TPSA) is 39.1 Å². The van der Waals surface area contributed by atoms with Gasteiger partial charge >= 0.3 is 0 Å². The lowest BCUT2D eigenvalue weighted by molar-refractivity contribution is -0.531. The van der Waals surface area contributed by atoms with E-state index < -0.39 is 0 Å². The minimum absolute atomic E-state index is 0.0834. The van der Waals surface area contributed by atoms with E-state index in [1.807, 2.05) is 25.1 Å². The van der Waals surface area contributed by atoms with Crippen LogP contribution < -0.4 is 10.5 Å². The highest BCUT2D eigenvalue weighted by atomic mass is 35.5. The lowest BCUT2D eigenvalue weighted by atomic mass is 10.0. The van der Waals surface area contributed by atoms with Crippen LogP contribution in [0.2, 0.25) is 5.02 Å². The first kappa shape index (κ1) is 18.3. The van der Waals surface area contributed by atoms with E-state index in [9.17, 15) is 4.79 Å². The Hall–Kier alpha value is -2.07. The molecule has 1 aromatic heterocycles. The fourth-order valence-corrected chi connectivity index (χ4v) is 4.48. The first-order chi connectivity index (χ1) is 13.1. The molecule has 5 heteroatoms. The Kier molecular flexibility index (Phi) is 5.35. The summed E-state index contributed by atoms with van der Waals surface area (Å²) >= 11 is 6.00. The van der Waals surface area contributed by atoms with Gasteiger partial charge in [-0.2, -0.15) is 0 Å². The Bertz CT molecular complexity index is 891. The Balaban J connectivity index is 1.41. The number of anilines is 1. The summed E-state index contributed by atoms with van der Waals surface area (Å²) in [6, 6.07) is 12.2. The van der Waals surface area contributed by atoms with Gasteiger partial charge in [0.15, 0.2) is 18.8 Å². The number of hydrogen-bond acceptors (Lipinski definition) is 2. The van der Waals surface area contributed by atoms with Crippen molar-refractivity contribution in [3.05, 3.63) is 63.0 Å². The van der Waals surface area contributed by atoms with Crippen molar-refractivity contribution in [3.8, 4) is 0 Å². The first-order valence-electron chi connectivity index (χ1n) is 9.96. The second-order valence-corrected chi connectivity index (χ2v) is 8.01. The first-order valence-corrected chi connectivity index (χ1v) is 10.3. The standard InChI is InChI=1S/C22H26ClN3O/c1-2-16-4-10-21(24-22(16)27)17-3-7-20(15-17)26-13-11-25(12-14-26)19-8-5-18(23)6-9-19/h4-6,8-10,17H,2-3,7,11-15H2,1H3/p+1/t17-/m1/s1. The third-order valence-corrected chi connectivity index (χ3v) is 6.27. The van der Waals surface area contributed by atoms with E-state index in [0.717, 1.165) is 68.1 Å². The normalized spacial score (nSPS) is 20.4. The number of rotatable bonds is 3. The predicted octanol–water partition coefficient (Wildman–Crippen LogP) is 3.83. The molecule has 2 aromatic rings. The molecule has 0 unspecified atom stereocenters. The lowest BCUT2D eigenvalue weighted by Crippen LogP contribution is -2.43. The van der Waals surface area contributed by atoms with Gasteiger partial charge in [-0.25, -0.2) is 4.58 Å². The van der Waals surface area contributed by atoms with Crippen LogP contribution in [0.25, 0.3) is 0 Å². The van der Waals surface area contributed by atoms with E-state index in [1.54, 1.807) is 5.71 Å². The van der Waals surface area contributed by atoms with Gasteiger partial charge in [-0.15, -0.1) is 0 Å². The van der Waals surface area contributed by atoms with Crippen LogP contribution in [0.5, 0.6) is 0 Å². The van der Waals surface area contributed by atoms with Gasteiger partial charge in [-0.1, -0.05) is 24.6 Å². The maximum absolute atomic E-state index is 12.1. The highest BCUT2D eigenvalue weighted by molar-refractivity contribution is 6.30. The molecule has 0 amide bonds. The molecule has 1 saturated heterocycles. The zero-order valence-electron chi connectivity index (χ0n) is 15.9. The zero-order valence-corrected chi connectivity index (χ0v) is 16.6. The van der Waals surface area contributed by atoms with Crippen LogP contribution >= 0.6 is 11.6 Å². The molecule has 2 fully saturated rings. The lowest BCUT2D eigenvalue weighted by Gasteiger charge is -2.28. The van der Waals surface area contributed by atoms with Crippen molar-refractivity contribution >= 4 is 23.0 Å². The Morgan fingerprint density at radius 1 is 1.15 bits per heavy atom. The minimum Gasteiger partial charge on any atom is -0.359 e. The molecule has 1 N–H and O–H groups in total. The van der Waals surface area contributed by atoms with Gasteiger partial charge in [-0.3, -0.25) is 4.79 Å². The number of pyridine rings is 1. The molecule has 1 aliphatic carbocycles. The van der Waals surface area contributed by atoms with Gasteiger partial charge in [0.2, 0.25) is 0 Å². The van der Waals surface area contributed by atoms with E-state index in [-0.39, 0.29) is 5.56 Å². The summed E-state index contributed by atoms with van der Waals surface area (Å²) in [5.41, 5.74) is 4.87. The van der Waals surface area contributed by atoms with Crippen molar-refractivity contribution in [2.45, 2.75) is 38.5 Å². The van der Waals surface area contributed by atoms with Crippen molar-refractivity contribution in [1.29, 1.82) is 0 Å². The molecular formula is C22H27ClN3O+. The van der Waals surface area contributed by atoms with Crippen LogP contribution in [-0.2, 0) is 6.42 Å². The molecule has 1 atom stereocenters. The Morgan fingerprint density at radius 3 is 2.56 bits per heavy atom. The average molecular weight is 385 g/mol. The highest BCUT2D eigenvalue weighted by Gasteiger charge is 2.31. The molecule has 1 saturated carbocycles. The maximum Gasteiger partial charge on any atom is 0.251 e. The number of hydrogen-bond donors (Lipinski definition) is 1. The quantitative estimate of drug-likeness (QED) is 0.817. The average Bonchev–Trinajstić information content (AvgIpc) is 3.19. The molecule has 4 nitrogen and oxygen atoms in total. The van der Waals surface area contributed by atoms with Crippen molar-refractivity contribution in [2.75, 3.05) is 31.1 Å². The minimum atomic E-state index is 0.0834. The largest absolute Gasteiger partial charge is 0.359 e. The van der Waals surface area contributed by atoms with Gasteiger partial charge in [0.25, 0.3) is 5.56 Å². The van der Waals surface area contributed by atoms with Crippen LogP contribution in [0, 0.1) is 0 Å². The molecule has 1 aromatic carbocycles. The van der Waals surface area contributed by atoms with Crippen LogP contribution in [0.1, 0.15) is 43.4 Å². The number of benzene rings is 1. The fourth-order valence-electron chi connectivity index (χ4n) is 4.35. The number of nitrogens with one attached hydrogen (secondary N) is 1. The van der Waals surface area contributed by atoms with Crippen LogP contribution in [0.3, 0.4) is 0 Å². The van der Waals surface area contributed by atoms with Gasteiger partial charge in [0.1, 0.15) is 0 Å². The molecule has 0 bridgehead atoms. The van der Waals surface area contributed by atoms with Crippen LogP contribution in [0.4, 0.5) is 5.69 Å². The number of piperazine rings is 1. The molecule has 0 radical (unpaired) electrons. The summed E-state index contributed by atoms with van der Waals surface area (Å²) in [7, 11) is 0. The molecule has 0 spiro atoms. The third-order valence-electron chi connectivity index (χ3n) is 6.02. The molecule has 27 heavy (non-hydrogen) atoms.